The van der Waals surface area contributed by atoms with Crippen molar-refractivity contribution in [2.24, 2.45) is 0 Å². The Morgan fingerprint density at radius 1 is 0.889 bits per heavy atom. The first-order valence-electron chi connectivity index (χ1n) is 6.19. The maximum atomic E-state index is 9.71. The molecule has 1 aliphatic carbocycles. The Morgan fingerprint density at radius 3 is 2.00 bits per heavy atom. The number of rotatable bonds is 4. The van der Waals surface area contributed by atoms with Gasteiger partial charge in [0.25, 0.3) is 0 Å². The third-order valence-electron chi connectivity index (χ3n) is 3.39. The van der Waals surface area contributed by atoms with Gasteiger partial charge in [-0.1, -0.05) is 0 Å². The van der Waals surface area contributed by atoms with Crippen molar-refractivity contribution in [1.29, 1.82) is 0 Å². The predicted octanol–water partition coefficient (Wildman–Crippen LogP) is -3.07. The molecule has 0 radical (unpaired) electrons. The van der Waals surface area contributed by atoms with Gasteiger partial charge in [0, 0.05) is 6.04 Å². The molecule has 0 amide bonds. The molecule has 0 bridgehead atoms. The lowest BCUT2D eigenvalue weighted by atomic mass is 9.89. The summed E-state index contributed by atoms with van der Waals surface area (Å²) in [4.78, 5) is 0. The minimum atomic E-state index is -1.40. The van der Waals surface area contributed by atoms with Gasteiger partial charge in [0.15, 0.2) is 0 Å². The third kappa shape index (κ3) is 4.13. The van der Waals surface area contributed by atoms with Crippen LogP contribution in [0.15, 0.2) is 0 Å². The van der Waals surface area contributed by atoms with Crippen molar-refractivity contribution in [3.63, 3.8) is 0 Å². The minimum Gasteiger partial charge on any atom is -0.395 e. The fraction of sp³-hybridized carbons (Fsp3) is 1.00. The van der Waals surface area contributed by atoms with Crippen LogP contribution in [0.3, 0.4) is 0 Å². The Balaban J connectivity index is 2.60. The molecule has 7 N–H and O–H groups in total. The first-order valence-corrected chi connectivity index (χ1v) is 6.19. The highest BCUT2D eigenvalue weighted by Crippen LogP contribution is 2.20. The van der Waals surface area contributed by atoms with E-state index in [1.165, 1.54) is 0 Å². The molecule has 0 aliphatic heterocycles. The highest BCUT2D eigenvalue weighted by atomic mass is 16.4. The Labute approximate surface area is 106 Å². The fourth-order valence-electron chi connectivity index (χ4n) is 2.19. The molecular weight excluding hydrogens is 242 g/mol. The number of nitrogens with one attached hydrogen (secondary N) is 1. The normalized spacial score (nSPS) is 38.5. The smallest absolute Gasteiger partial charge is 0.108 e. The molecule has 7 nitrogen and oxygen atoms in total. The van der Waals surface area contributed by atoms with Gasteiger partial charge in [0.05, 0.1) is 31.5 Å². The fourth-order valence-corrected chi connectivity index (χ4v) is 2.19. The van der Waals surface area contributed by atoms with Gasteiger partial charge in [-0.15, -0.1) is 0 Å². The third-order valence-corrected chi connectivity index (χ3v) is 3.39. The van der Waals surface area contributed by atoms with Crippen LogP contribution in [0.5, 0.6) is 0 Å². The maximum absolute atomic E-state index is 9.71. The standard InChI is InChI=1S/C11H23NO6/c13-4-7(5-14)12-6-1-2-8(15)10(17)11(18)9(16)3-6/h6-18H,1-5H2/t6-,8+,9+,10+,11+/m0/s1. The van der Waals surface area contributed by atoms with E-state index in [0.717, 1.165) is 0 Å². The first kappa shape index (κ1) is 15.8. The number of hydrogen-bond acceptors (Lipinski definition) is 7. The van der Waals surface area contributed by atoms with E-state index in [1.54, 1.807) is 0 Å². The summed E-state index contributed by atoms with van der Waals surface area (Å²) in [6.45, 7) is -0.479. The van der Waals surface area contributed by atoms with E-state index in [2.05, 4.69) is 5.32 Å². The van der Waals surface area contributed by atoms with Gasteiger partial charge in [-0.25, -0.2) is 0 Å². The van der Waals surface area contributed by atoms with Crippen molar-refractivity contribution in [2.75, 3.05) is 13.2 Å². The molecule has 0 aromatic carbocycles. The Kier molecular flexibility index (Phi) is 6.44. The number of aliphatic hydroxyl groups is 6. The van der Waals surface area contributed by atoms with Gasteiger partial charge in [-0.05, 0) is 19.3 Å². The molecule has 108 valence electrons. The molecule has 0 aromatic rings. The molecule has 1 fully saturated rings. The Hall–Kier alpha value is -0.280. The van der Waals surface area contributed by atoms with Gasteiger partial charge < -0.3 is 36.0 Å². The summed E-state index contributed by atoms with van der Waals surface area (Å²) in [6.07, 6.45) is -4.09. The summed E-state index contributed by atoms with van der Waals surface area (Å²) in [5.41, 5.74) is 0. The lowest BCUT2D eigenvalue weighted by Crippen LogP contribution is -2.52. The summed E-state index contributed by atoms with van der Waals surface area (Å²) in [5.74, 6) is 0. The van der Waals surface area contributed by atoms with Crippen molar-refractivity contribution in [3.8, 4) is 0 Å². The zero-order valence-corrected chi connectivity index (χ0v) is 10.2. The summed E-state index contributed by atoms with van der Waals surface area (Å²) < 4.78 is 0. The van der Waals surface area contributed by atoms with Gasteiger partial charge >= 0.3 is 0 Å². The van der Waals surface area contributed by atoms with Crippen LogP contribution in [-0.4, -0.2) is 80.4 Å². The largest absolute Gasteiger partial charge is 0.395 e. The summed E-state index contributed by atoms with van der Waals surface area (Å²) in [6, 6.07) is -0.748. The molecule has 5 atom stereocenters. The van der Waals surface area contributed by atoms with Crippen LogP contribution < -0.4 is 5.32 Å². The lowest BCUT2D eigenvalue weighted by Gasteiger charge is -2.34. The molecule has 0 spiro atoms. The predicted molar refractivity (Wildman–Crippen MR) is 62.8 cm³/mol. The van der Waals surface area contributed by atoms with Crippen molar-refractivity contribution < 1.29 is 30.6 Å². The van der Waals surface area contributed by atoms with Crippen molar-refractivity contribution >= 4 is 0 Å². The zero-order chi connectivity index (χ0) is 13.7. The van der Waals surface area contributed by atoms with E-state index in [1.807, 2.05) is 0 Å². The molecular formula is C11H23NO6. The molecule has 7 heteroatoms. The summed E-state index contributed by atoms with van der Waals surface area (Å²) in [5, 5.41) is 59.3. The Morgan fingerprint density at radius 2 is 1.44 bits per heavy atom. The molecule has 0 unspecified atom stereocenters. The van der Waals surface area contributed by atoms with Crippen LogP contribution in [0.1, 0.15) is 19.3 Å². The monoisotopic (exact) mass is 265 g/mol. The van der Waals surface area contributed by atoms with Gasteiger partial charge in [0.1, 0.15) is 12.2 Å². The number of hydrogen-bond donors (Lipinski definition) is 7. The van der Waals surface area contributed by atoms with Gasteiger partial charge in [0.2, 0.25) is 0 Å². The van der Waals surface area contributed by atoms with Crippen molar-refractivity contribution in [3.05, 3.63) is 0 Å². The summed E-state index contributed by atoms with van der Waals surface area (Å²) >= 11 is 0. The second kappa shape index (κ2) is 7.34. The highest BCUT2D eigenvalue weighted by Gasteiger charge is 2.34. The first-order chi connectivity index (χ1) is 8.49. The molecule has 1 rings (SSSR count). The highest BCUT2D eigenvalue weighted by molar-refractivity contribution is 4.89. The summed E-state index contributed by atoms with van der Waals surface area (Å²) in [7, 11) is 0. The molecule has 0 heterocycles. The van der Waals surface area contributed by atoms with Crippen molar-refractivity contribution in [2.45, 2.75) is 55.8 Å². The van der Waals surface area contributed by atoms with E-state index < -0.39 is 30.5 Å². The molecule has 1 aliphatic rings. The van der Waals surface area contributed by atoms with Crippen LogP contribution >= 0.6 is 0 Å². The van der Waals surface area contributed by atoms with Crippen LogP contribution in [0, 0.1) is 0 Å². The van der Waals surface area contributed by atoms with E-state index in [9.17, 15) is 20.4 Å². The van der Waals surface area contributed by atoms with Crippen LogP contribution in [0.2, 0.25) is 0 Å². The lowest BCUT2D eigenvalue weighted by molar-refractivity contribution is -0.118. The average Bonchev–Trinajstić information content (AvgIpc) is 2.38. The van der Waals surface area contributed by atoms with Crippen molar-refractivity contribution in [1.82, 2.24) is 5.32 Å². The maximum Gasteiger partial charge on any atom is 0.108 e. The second-order valence-electron chi connectivity index (χ2n) is 4.85. The molecule has 18 heavy (non-hydrogen) atoms. The van der Waals surface area contributed by atoms with Crippen LogP contribution in [-0.2, 0) is 0 Å². The second-order valence-corrected chi connectivity index (χ2v) is 4.85. The van der Waals surface area contributed by atoms with E-state index in [0.29, 0.717) is 6.42 Å². The molecule has 1 saturated carbocycles. The number of aliphatic hydroxyl groups excluding tert-OH is 6. The minimum absolute atomic E-state index is 0.182. The topological polar surface area (TPSA) is 133 Å². The molecule has 0 saturated heterocycles. The van der Waals surface area contributed by atoms with E-state index in [4.69, 9.17) is 10.2 Å². The van der Waals surface area contributed by atoms with E-state index in [-0.39, 0.29) is 32.1 Å². The van der Waals surface area contributed by atoms with Crippen LogP contribution in [0.4, 0.5) is 0 Å². The van der Waals surface area contributed by atoms with Gasteiger partial charge in [-0.2, -0.15) is 0 Å². The molecule has 0 aromatic heterocycles. The zero-order valence-electron chi connectivity index (χ0n) is 10.2. The quantitative estimate of drug-likeness (QED) is 0.287. The van der Waals surface area contributed by atoms with Gasteiger partial charge in [-0.3, -0.25) is 0 Å². The Bertz CT molecular complexity index is 238. The average molecular weight is 265 g/mol. The van der Waals surface area contributed by atoms with E-state index >= 15 is 0 Å². The van der Waals surface area contributed by atoms with Crippen LogP contribution in [0.25, 0.3) is 0 Å². The SMILES string of the molecule is OCC(CO)N[C@H]1CC[C@@H](O)[C@@H](O)[C@H](O)[C@H](O)C1.